The second kappa shape index (κ2) is 12.7. The predicted octanol–water partition coefficient (Wildman–Crippen LogP) is 6.45. The van der Waals surface area contributed by atoms with Gasteiger partial charge in [0.2, 0.25) is 0 Å². The van der Waals surface area contributed by atoms with E-state index in [4.69, 9.17) is 5.73 Å². The molecule has 0 aromatic rings. The molecule has 0 aliphatic carbocycles. The van der Waals surface area contributed by atoms with E-state index in [2.05, 4.69) is 27.7 Å². The van der Waals surface area contributed by atoms with Crippen LogP contribution in [0.5, 0.6) is 0 Å². The molecule has 0 aliphatic heterocycles. The van der Waals surface area contributed by atoms with E-state index in [0.717, 1.165) is 5.92 Å². The maximum absolute atomic E-state index is 6.81. The zero-order chi connectivity index (χ0) is 15.3. The molecule has 1 unspecified atom stereocenters. The van der Waals surface area contributed by atoms with Crippen LogP contribution in [0.3, 0.4) is 0 Å². The van der Waals surface area contributed by atoms with Gasteiger partial charge in [-0.25, -0.2) is 0 Å². The molecule has 0 bridgehead atoms. The topological polar surface area (TPSA) is 26.0 Å². The maximum atomic E-state index is 6.81. The van der Waals surface area contributed by atoms with Crippen LogP contribution in [0.25, 0.3) is 0 Å². The first-order chi connectivity index (χ1) is 9.64. The second-order valence-electron chi connectivity index (χ2n) is 6.78. The molecule has 20 heavy (non-hydrogen) atoms. The fourth-order valence-corrected chi connectivity index (χ4v) is 3.70. The molecule has 0 fully saturated rings. The molecular weight excluding hydrogens is 242 g/mol. The zero-order valence-electron chi connectivity index (χ0n) is 14.8. The van der Waals surface area contributed by atoms with Crippen LogP contribution in [0.15, 0.2) is 0 Å². The van der Waals surface area contributed by atoms with Gasteiger partial charge < -0.3 is 5.73 Å². The Kier molecular flexibility index (Phi) is 12.7. The molecule has 0 aromatic carbocycles. The van der Waals surface area contributed by atoms with Crippen LogP contribution in [-0.4, -0.2) is 5.54 Å². The Morgan fingerprint density at radius 3 is 1.70 bits per heavy atom. The quantitative estimate of drug-likeness (QED) is 0.364. The lowest BCUT2D eigenvalue weighted by molar-refractivity contribution is 0.200. The van der Waals surface area contributed by atoms with Crippen LogP contribution in [0.2, 0.25) is 0 Å². The molecule has 2 N–H and O–H groups in total. The minimum Gasteiger partial charge on any atom is -0.325 e. The molecular formula is C19H41N. The van der Waals surface area contributed by atoms with Gasteiger partial charge in [0.05, 0.1) is 0 Å². The Hall–Kier alpha value is -0.0400. The summed E-state index contributed by atoms with van der Waals surface area (Å²) in [5.41, 5.74) is 6.93. The van der Waals surface area contributed by atoms with Crippen molar-refractivity contribution in [1.82, 2.24) is 0 Å². The average Bonchev–Trinajstić information content (AvgIpc) is 2.42. The van der Waals surface area contributed by atoms with Crippen molar-refractivity contribution < 1.29 is 0 Å². The van der Waals surface area contributed by atoms with E-state index in [9.17, 15) is 0 Å². The van der Waals surface area contributed by atoms with Crippen LogP contribution in [0.4, 0.5) is 0 Å². The molecule has 0 aliphatic rings. The monoisotopic (exact) mass is 283 g/mol. The molecule has 0 heterocycles. The minimum atomic E-state index is 0.114. The molecule has 0 amide bonds. The third-order valence-corrected chi connectivity index (χ3v) is 4.79. The molecule has 1 atom stereocenters. The fourth-order valence-electron chi connectivity index (χ4n) is 3.70. The summed E-state index contributed by atoms with van der Waals surface area (Å²) in [4.78, 5) is 0. The van der Waals surface area contributed by atoms with Crippen molar-refractivity contribution in [3.63, 3.8) is 0 Å². The van der Waals surface area contributed by atoms with Crippen molar-refractivity contribution in [2.24, 2.45) is 11.7 Å². The number of hydrogen-bond acceptors (Lipinski definition) is 1. The Morgan fingerprint density at radius 2 is 1.20 bits per heavy atom. The first-order valence-corrected chi connectivity index (χ1v) is 9.43. The summed E-state index contributed by atoms with van der Waals surface area (Å²) >= 11 is 0. The Morgan fingerprint density at radius 1 is 0.650 bits per heavy atom. The lowest BCUT2D eigenvalue weighted by Gasteiger charge is -2.38. The summed E-state index contributed by atoms with van der Waals surface area (Å²) < 4.78 is 0. The molecule has 0 aromatic heterocycles. The van der Waals surface area contributed by atoms with E-state index in [1.807, 2.05) is 0 Å². The third-order valence-electron chi connectivity index (χ3n) is 4.79. The molecule has 0 saturated heterocycles. The molecule has 0 radical (unpaired) electrons. The minimum absolute atomic E-state index is 0.114. The van der Waals surface area contributed by atoms with Gasteiger partial charge in [-0.1, -0.05) is 85.5 Å². The van der Waals surface area contributed by atoms with Crippen LogP contribution in [0, 0.1) is 5.92 Å². The predicted molar refractivity (Wildman–Crippen MR) is 93.1 cm³/mol. The van der Waals surface area contributed by atoms with Crippen LogP contribution >= 0.6 is 0 Å². The van der Waals surface area contributed by atoms with E-state index in [-0.39, 0.29) is 5.54 Å². The summed E-state index contributed by atoms with van der Waals surface area (Å²) in [5, 5.41) is 0. The highest BCUT2D eigenvalue weighted by atomic mass is 14.8. The van der Waals surface area contributed by atoms with Crippen molar-refractivity contribution in [2.45, 2.75) is 117 Å². The Labute approximate surface area is 129 Å². The first kappa shape index (κ1) is 20.0. The largest absolute Gasteiger partial charge is 0.325 e. The zero-order valence-corrected chi connectivity index (χ0v) is 14.8. The van der Waals surface area contributed by atoms with Crippen molar-refractivity contribution in [2.75, 3.05) is 0 Å². The van der Waals surface area contributed by atoms with Crippen molar-refractivity contribution in [1.29, 1.82) is 0 Å². The SMILES string of the molecule is CCCCCCCCC(CCC)C(N)(CCC)CCC. The normalized spacial score (nSPS) is 13.7. The second-order valence-corrected chi connectivity index (χ2v) is 6.78. The van der Waals surface area contributed by atoms with Gasteiger partial charge in [-0.2, -0.15) is 0 Å². The maximum Gasteiger partial charge on any atom is 0.0182 e. The summed E-state index contributed by atoms with van der Waals surface area (Å²) in [6.45, 7) is 9.16. The average molecular weight is 284 g/mol. The van der Waals surface area contributed by atoms with Crippen molar-refractivity contribution in [3.8, 4) is 0 Å². The van der Waals surface area contributed by atoms with Crippen molar-refractivity contribution >= 4 is 0 Å². The number of nitrogens with two attached hydrogens (primary N) is 1. The summed E-state index contributed by atoms with van der Waals surface area (Å²) in [7, 11) is 0. The summed E-state index contributed by atoms with van der Waals surface area (Å²) in [6.07, 6.45) is 17.2. The highest BCUT2D eigenvalue weighted by molar-refractivity contribution is 4.90. The van der Waals surface area contributed by atoms with E-state index >= 15 is 0 Å². The molecule has 1 nitrogen and oxygen atoms in total. The van der Waals surface area contributed by atoms with Crippen LogP contribution in [0.1, 0.15) is 111 Å². The Balaban J connectivity index is 4.22. The van der Waals surface area contributed by atoms with Crippen LogP contribution in [-0.2, 0) is 0 Å². The summed E-state index contributed by atoms with van der Waals surface area (Å²) in [5.74, 6) is 0.749. The van der Waals surface area contributed by atoms with Crippen molar-refractivity contribution in [3.05, 3.63) is 0 Å². The van der Waals surface area contributed by atoms with Gasteiger partial charge in [0.25, 0.3) is 0 Å². The first-order valence-electron chi connectivity index (χ1n) is 9.43. The van der Waals surface area contributed by atoms with E-state index in [1.165, 1.54) is 83.5 Å². The van der Waals surface area contributed by atoms with Gasteiger partial charge in [0.15, 0.2) is 0 Å². The van der Waals surface area contributed by atoms with Gasteiger partial charge in [-0.3, -0.25) is 0 Å². The molecule has 0 saturated carbocycles. The molecule has 0 rings (SSSR count). The summed E-state index contributed by atoms with van der Waals surface area (Å²) in [6, 6.07) is 0. The van der Waals surface area contributed by atoms with Gasteiger partial charge in [-0.05, 0) is 31.6 Å². The van der Waals surface area contributed by atoms with Gasteiger partial charge in [0.1, 0.15) is 0 Å². The number of unbranched alkanes of at least 4 members (excludes halogenated alkanes) is 5. The highest BCUT2D eigenvalue weighted by Crippen LogP contribution is 2.33. The Bertz CT molecular complexity index is 194. The number of rotatable bonds is 14. The van der Waals surface area contributed by atoms with Gasteiger partial charge in [0, 0.05) is 5.54 Å². The third kappa shape index (κ3) is 8.29. The van der Waals surface area contributed by atoms with E-state index in [0.29, 0.717) is 0 Å². The molecule has 1 heteroatoms. The van der Waals surface area contributed by atoms with Gasteiger partial charge in [-0.15, -0.1) is 0 Å². The van der Waals surface area contributed by atoms with E-state index in [1.54, 1.807) is 0 Å². The fraction of sp³-hybridized carbons (Fsp3) is 1.00. The standard InChI is InChI=1S/C19H41N/c1-5-9-10-11-12-13-15-18(14-6-2)19(20,16-7-3)17-8-4/h18H,5-17,20H2,1-4H3. The molecule has 0 spiro atoms. The lowest BCUT2D eigenvalue weighted by Crippen LogP contribution is -2.47. The molecule has 122 valence electrons. The highest BCUT2D eigenvalue weighted by Gasteiger charge is 2.31. The number of hydrogen-bond donors (Lipinski definition) is 1. The lowest BCUT2D eigenvalue weighted by atomic mass is 9.73. The van der Waals surface area contributed by atoms with Gasteiger partial charge >= 0.3 is 0 Å². The van der Waals surface area contributed by atoms with Crippen LogP contribution < -0.4 is 5.73 Å². The smallest absolute Gasteiger partial charge is 0.0182 e. The van der Waals surface area contributed by atoms with E-state index < -0.39 is 0 Å².